The number of carbonyl (C=O) groups excluding carboxylic acids is 1. The van der Waals surface area contributed by atoms with Gasteiger partial charge < -0.3 is 10.1 Å². The van der Waals surface area contributed by atoms with Gasteiger partial charge in [0.25, 0.3) is 0 Å². The first kappa shape index (κ1) is 18.1. The van der Waals surface area contributed by atoms with Gasteiger partial charge in [-0.2, -0.15) is 0 Å². The second-order valence-electron chi connectivity index (χ2n) is 6.66. The third-order valence-electron chi connectivity index (χ3n) is 4.39. The molecule has 0 heterocycles. The summed E-state index contributed by atoms with van der Waals surface area (Å²) in [6.07, 6.45) is 0.403. The molecule has 0 radical (unpaired) electrons. The predicted octanol–water partition coefficient (Wildman–Crippen LogP) is 4.37. The smallest absolute Gasteiger partial charge is 0.224 e. The van der Waals surface area contributed by atoms with E-state index in [-0.39, 0.29) is 11.9 Å². The maximum atomic E-state index is 12.5. The molecule has 24 heavy (non-hydrogen) atoms. The Bertz CT molecular complexity index is 689. The third-order valence-corrected chi connectivity index (χ3v) is 4.39. The van der Waals surface area contributed by atoms with Crippen molar-refractivity contribution in [1.29, 1.82) is 0 Å². The van der Waals surface area contributed by atoms with Crippen molar-refractivity contribution in [2.45, 2.75) is 40.2 Å². The van der Waals surface area contributed by atoms with Crippen LogP contribution in [-0.2, 0) is 11.2 Å². The number of rotatable bonds is 6. The van der Waals surface area contributed by atoms with E-state index < -0.39 is 0 Å². The van der Waals surface area contributed by atoms with Gasteiger partial charge in [-0.15, -0.1) is 0 Å². The van der Waals surface area contributed by atoms with Crippen LogP contribution in [0.1, 0.15) is 42.1 Å². The van der Waals surface area contributed by atoms with Crippen molar-refractivity contribution in [3.05, 3.63) is 64.7 Å². The molecule has 128 valence electrons. The van der Waals surface area contributed by atoms with E-state index in [1.807, 2.05) is 30.3 Å². The summed E-state index contributed by atoms with van der Waals surface area (Å²) in [7, 11) is 1.65. The van der Waals surface area contributed by atoms with E-state index in [4.69, 9.17) is 4.74 Å². The number of amides is 1. The zero-order valence-electron chi connectivity index (χ0n) is 15.2. The zero-order chi connectivity index (χ0) is 17.7. The monoisotopic (exact) mass is 325 g/mol. The van der Waals surface area contributed by atoms with Crippen molar-refractivity contribution in [3.63, 3.8) is 0 Å². The number of aryl methyl sites for hydroxylation is 2. The average molecular weight is 325 g/mol. The van der Waals surface area contributed by atoms with Crippen molar-refractivity contribution in [3.8, 4) is 5.75 Å². The first-order valence-corrected chi connectivity index (χ1v) is 8.40. The summed E-state index contributed by atoms with van der Waals surface area (Å²) in [5, 5.41) is 3.17. The van der Waals surface area contributed by atoms with Crippen LogP contribution in [0.15, 0.2) is 42.5 Å². The van der Waals surface area contributed by atoms with E-state index in [1.54, 1.807) is 7.11 Å². The van der Waals surface area contributed by atoms with E-state index >= 15 is 0 Å². The number of benzene rings is 2. The van der Waals surface area contributed by atoms with Crippen LogP contribution in [0.3, 0.4) is 0 Å². The normalized spacial score (nSPS) is 12.1. The molecule has 3 heteroatoms. The molecule has 0 aliphatic carbocycles. The Hall–Kier alpha value is -2.29. The summed E-state index contributed by atoms with van der Waals surface area (Å²) in [4.78, 5) is 12.5. The largest absolute Gasteiger partial charge is 0.497 e. The van der Waals surface area contributed by atoms with Gasteiger partial charge in [-0.05, 0) is 54.2 Å². The van der Waals surface area contributed by atoms with Gasteiger partial charge in [0.15, 0.2) is 0 Å². The number of nitrogens with one attached hydrogen (secondary N) is 1. The predicted molar refractivity (Wildman–Crippen MR) is 98.3 cm³/mol. The molecular weight excluding hydrogens is 298 g/mol. The Morgan fingerprint density at radius 3 is 2.25 bits per heavy atom. The molecule has 3 nitrogen and oxygen atoms in total. The Morgan fingerprint density at radius 2 is 1.71 bits per heavy atom. The minimum Gasteiger partial charge on any atom is -0.497 e. The number of hydrogen-bond acceptors (Lipinski definition) is 2. The molecule has 0 bridgehead atoms. The van der Waals surface area contributed by atoms with Crippen LogP contribution in [0.2, 0.25) is 0 Å². The van der Waals surface area contributed by atoms with Crippen LogP contribution in [0.25, 0.3) is 0 Å². The van der Waals surface area contributed by atoms with Crippen molar-refractivity contribution in [1.82, 2.24) is 5.32 Å². The quantitative estimate of drug-likeness (QED) is 0.856. The molecule has 0 saturated carbocycles. The molecule has 1 atom stereocenters. The molecule has 0 fully saturated rings. The fraction of sp³-hybridized carbons (Fsp3) is 0.381. The molecule has 0 unspecified atom stereocenters. The SMILES string of the molecule is COc1ccc([C@@H](NC(=O)Cc2ccc(C)c(C)c2)C(C)C)cc1. The van der Waals surface area contributed by atoms with Gasteiger partial charge in [-0.25, -0.2) is 0 Å². The standard InChI is InChI=1S/C21H27NO2/c1-14(2)21(18-8-10-19(24-5)11-9-18)22-20(23)13-17-7-6-15(3)16(4)12-17/h6-12,14,21H,13H2,1-5H3,(H,22,23)/t21-/m0/s1. The molecule has 0 spiro atoms. The van der Waals surface area contributed by atoms with Crippen molar-refractivity contribution < 1.29 is 9.53 Å². The molecule has 0 saturated heterocycles. The molecule has 1 N–H and O–H groups in total. The van der Waals surface area contributed by atoms with Crippen LogP contribution < -0.4 is 10.1 Å². The molecule has 0 aliphatic heterocycles. The maximum absolute atomic E-state index is 12.5. The van der Waals surface area contributed by atoms with E-state index in [9.17, 15) is 4.79 Å². The lowest BCUT2D eigenvalue weighted by atomic mass is 9.95. The lowest BCUT2D eigenvalue weighted by Crippen LogP contribution is -2.32. The lowest BCUT2D eigenvalue weighted by Gasteiger charge is -2.23. The molecular formula is C21H27NO2. The second-order valence-corrected chi connectivity index (χ2v) is 6.66. The van der Waals surface area contributed by atoms with Crippen LogP contribution in [0.5, 0.6) is 5.75 Å². The number of hydrogen-bond donors (Lipinski definition) is 1. The van der Waals surface area contributed by atoms with E-state index in [0.717, 1.165) is 16.9 Å². The Balaban J connectivity index is 2.08. The number of ether oxygens (including phenoxy) is 1. The molecule has 2 aromatic carbocycles. The van der Waals surface area contributed by atoms with Crippen LogP contribution in [-0.4, -0.2) is 13.0 Å². The van der Waals surface area contributed by atoms with Crippen LogP contribution in [0, 0.1) is 19.8 Å². The fourth-order valence-corrected chi connectivity index (χ4v) is 2.77. The number of methoxy groups -OCH3 is 1. The average Bonchev–Trinajstić information content (AvgIpc) is 2.56. The maximum Gasteiger partial charge on any atom is 0.224 e. The Kier molecular flexibility index (Phi) is 6.02. The minimum atomic E-state index is -0.00467. The van der Waals surface area contributed by atoms with Crippen molar-refractivity contribution in [2.75, 3.05) is 7.11 Å². The summed E-state index contributed by atoms with van der Waals surface area (Å²) in [5.41, 5.74) is 4.61. The minimum absolute atomic E-state index is 0.00467. The van der Waals surface area contributed by atoms with Gasteiger partial charge in [-0.3, -0.25) is 4.79 Å². The van der Waals surface area contributed by atoms with Gasteiger partial charge >= 0.3 is 0 Å². The topological polar surface area (TPSA) is 38.3 Å². The van der Waals surface area contributed by atoms with Gasteiger partial charge in [0.05, 0.1) is 19.6 Å². The third kappa shape index (κ3) is 4.60. The highest BCUT2D eigenvalue weighted by Crippen LogP contribution is 2.24. The summed E-state index contributed by atoms with van der Waals surface area (Å²) in [6, 6.07) is 14.1. The van der Waals surface area contributed by atoms with Gasteiger partial charge in [-0.1, -0.05) is 44.2 Å². The van der Waals surface area contributed by atoms with Crippen molar-refractivity contribution in [2.24, 2.45) is 5.92 Å². The zero-order valence-corrected chi connectivity index (χ0v) is 15.2. The summed E-state index contributed by atoms with van der Waals surface area (Å²) in [6.45, 7) is 8.39. The second kappa shape index (κ2) is 8.00. The highest BCUT2D eigenvalue weighted by atomic mass is 16.5. The molecule has 1 amide bonds. The Morgan fingerprint density at radius 1 is 1.04 bits per heavy atom. The number of carbonyl (C=O) groups is 1. The van der Waals surface area contributed by atoms with E-state index in [0.29, 0.717) is 12.3 Å². The summed E-state index contributed by atoms with van der Waals surface area (Å²) >= 11 is 0. The fourth-order valence-electron chi connectivity index (χ4n) is 2.77. The first-order chi connectivity index (χ1) is 11.4. The van der Waals surface area contributed by atoms with E-state index in [2.05, 4.69) is 45.1 Å². The lowest BCUT2D eigenvalue weighted by molar-refractivity contribution is -0.121. The van der Waals surface area contributed by atoms with Crippen LogP contribution >= 0.6 is 0 Å². The van der Waals surface area contributed by atoms with Gasteiger partial charge in [0.1, 0.15) is 5.75 Å². The molecule has 2 rings (SSSR count). The van der Waals surface area contributed by atoms with E-state index in [1.165, 1.54) is 11.1 Å². The summed E-state index contributed by atoms with van der Waals surface area (Å²) in [5.74, 6) is 1.18. The Labute approximate surface area is 145 Å². The molecule has 0 aliphatic rings. The molecule has 0 aromatic heterocycles. The molecule has 2 aromatic rings. The van der Waals surface area contributed by atoms with Gasteiger partial charge in [0, 0.05) is 0 Å². The van der Waals surface area contributed by atoms with Crippen LogP contribution in [0.4, 0.5) is 0 Å². The first-order valence-electron chi connectivity index (χ1n) is 8.40. The van der Waals surface area contributed by atoms with Crippen molar-refractivity contribution >= 4 is 5.91 Å². The highest BCUT2D eigenvalue weighted by molar-refractivity contribution is 5.79. The van der Waals surface area contributed by atoms with Gasteiger partial charge in [0.2, 0.25) is 5.91 Å². The summed E-state index contributed by atoms with van der Waals surface area (Å²) < 4.78 is 5.20. The highest BCUT2D eigenvalue weighted by Gasteiger charge is 2.18.